The second-order valence-corrected chi connectivity index (χ2v) is 6.65. The highest BCUT2D eigenvalue weighted by atomic mass is 32.1. The maximum atomic E-state index is 13.3. The first-order valence-electron chi connectivity index (χ1n) is 7.94. The summed E-state index contributed by atoms with van der Waals surface area (Å²) >= 11 is 1.38. The molecular weight excluding hydrogens is 369 g/mol. The molecule has 0 spiro atoms. The first kappa shape index (κ1) is 18.5. The van der Waals surface area contributed by atoms with Crippen molar-refractivity contribution in [3.63, 3.8) is 0 Å². The first-order valence-corrected chi connectivity index (χ1v) is 8.82. The fraction of sp³-hybridized carbons (Fsp3) is 0.105. The van der Waals surface area contributed by atoms with Crippen molar-refractivity contribution >= 4 is 34.5 Å². The number of aryl methyl sites for hydroxylation is 1. The Hall–Kier alpha value is -3.26. The molecule has 0 aliphatic carbocycles. The Bertz CT molecular complexity index is 1000. The Balaban J connectivity index is 1.81. The average molecular weight is 385 g/mol. The van der Waals surface area contributed by atoms with Crippen molar-refractivity contribution in [2.75, 3.05) is 17.7 Å². The number of hydrogen-bond donors (Lipinski definition) is 2. The molecule has 0 unspecified atom stereocenters. The van der Waals surface area contributed by atoms with Crippen molar-refractivity contribution in [3.8, 4) is 5.75 Å². The number of ether oxygens (including phenoxy) is 1. The van der Waals surface area contributed by atoms with Gasteiger partial charge in [0.25, 0.3) is 11.8 Å². The molecule has 0 saturated carbocycles. The molecule has 0 radical (unpaired) electrons. The third-order valence-electron chi connectivity index (χ3n) is 3.64. The number of aromatic nitrogens is 1. The molecule has 0 saturated heterocycles. The van der Waals surface area contributed by atoms with Crippen LogP contribution in [0.5, 0.6) is 5.75 Å². The monoisotopic (exact) mass is 385 g/mol. The fourth-order valence-electron chi connectivity index (χ4n) is 2.37. The largest absolute Gasteiger partial charge is 0.495 e. The molecule has 3 aromatic rings. The molecule has 138 valence electrons. The lowest BCUT2D eigenvalue weighted by Gasteiger charge is -2.12. The standard InChI is InChI=1S/C19H16FN3O3S/c1-11-21-16(10-27-11)19(25)22-14-6-7-17(26-2)15(9-14)23-18(24)12-4-3-5-13(20)8-12/h3-10H,1-2H3,(H,22,25)(H,23,24). The van der Waals surface area contributed by atoms with Crippen LogP contribution >= 0.6 is 11.3 Å². The molecule has 27 heavy (non-hydrogen) atoms. The van der Waals surface area contributed by atoms with Crippen molar-refractivity contribution in [1.29, 1.82) is 0 Å². The number of anilines is 2. The predicted molar refractivity (Wildman–Crippen MR) is 102 cm³/mol. The number of carbonyl (C=O) groups is 2. The van der Waals surface area contributed by atoms with Gasteiger partial charge in [-0.25, -0.2) is 9.37 Å². The molecule has 2 N–H and O–H groups in total. The second-order valence-electron chi connectivity index (χ2n) is 5.59. The molecule has 8 heteroatoms. The molecule has 2 aromatic carbocycles. The summed E-state index contributed by atoms with van der Waals surface area (Å²) in [5.41, 5.74) is 1.29. The van der Waals surface area contributed by atoms with Crippen molar-refractivity contribution in [1.82, 2.24) is 4.98 Å². The normalized spacial score (nSPS) is 10.3. The van der Waals surface area contributed by atoms with Crippen LogP contribution in [0.1, 0.15) is 25.9 Å². The van der Waals surface area contributed by atoms with Gasteiger partial charge in [0.2, 0.25) is 0 Å². The number of amides is 2. The third kappa shape index (κ3) is 4.48. The van der Waals surface area contributed by atoms with Gasteiger partial charge < -0.3 is 15.4 Å². The van der Waals surface area contributed by atoms with Crippen molar-refractivity contribution < 1.29 is 18.7 Å². The molecule has 6 nitrogen and oxygen atoms in total. The number of hydrogen-bond acceptors (Lipinski definition) is 5. The van der Waals surface area contributed by atoms with Crippen LogP contribution in [-0.2, 0) is 0 Å². The topological polar surface area (TPSA) is 80.3 Å². The van der Waals surface area contributed by atoms with Crippen molar-refractivity contribution in [3.05, 3.63) is 69.9 Å². The fourth-order valence-corrected chi connectivity index (χ4v) is 2.96. The number of benzene rings is 2. The van der Waals surface area contributed by atoms with E-state index in [1.165, 1.54) is 36.6 Å². The van der Waals surface area contributed by atoms with E-state index in [1.54, 1.807) is 23.6 Å². The van der Waals surface area contributed by atoms with Crippen LogP contribution in [-0.4, -0.2) is 23.9 Å². The van der Waals surface area contributed by atoms with Gasteiger partial charge in [-0.3, -0.25) is 9.59 Å². The van der Waals surface area contributed by atoms with E-state index in [0.717, 1.165) is 11.1 Å². The van der Waals surface area contributed by atoms with E-state index in [4.69, 9.17) is 4.74 Å². The van der Waals surface area contributed by atoms with E-state index in [1.807, 2.05) is 6.92 Å². The number of thiazole rings is 1. The van der Waals surface area contributed by atoms with Crippen LogP contribution in [0.15, 0.2) is 47.8 Å². The Morgan fingerprint density at radius 3 is 2.59 bits per heavy atom. The van der Waals surface area contributed by atoms with Crippen LogP contribution in [0.2, 0.25) is 0 Å². The van der Waals surface area contributed by atoms with Crippen LogP contribution in [0.3, 0.4) is 0 Å². The summed E-state index contributed by atoms with van der Waals surface area (Å²) in [6, 6.07) is 10.2. The maximum absolute atomic E-state index is 13.3. The molecule has 0 fully saturated rings. The lowest BCUT2D eigenvalue weighted by atomic mass is 10.2. The van der Waals surface area contributed by atoms with Crippen molar-refractivity contribution in [2.45, 2.75) is 6.92 Å². The van der Waals surface area contributed by atoms with Gasteiger partial charge in [-0.2, -0.15) is 0 Å². The van der Waals surface area contributed by atoms with Gasteiger partial charge >= 0.3 is 0 Å². The van der Waals surface area contributed by atoms with E-state index < -0.39 is 11.7 Å². The highest BCUT2D eigenvalue weighted by Gasteiger charge is 2.14. The van der Waals surface area contributed by atoms with Crippen LogP contribution in [0.25, 0.3) is 0 Å². The summed E-state index contributed by atoms with van der Waals surface area (Å²) in [5.74, 6) is -0.949. The highest BCUT2D eigenvalue weighted by Crippen LogP contribution is 2.28. The lowest BCUT2D eigenvalue weighted by molar-refractivity contribution is 0.101. The molecule has 1 heterocycles. The minimum absolute atomic E-state index is 0.171. The molecule has 0 aliphatic rings. The predicted octanol–water partition coefficient (Wildman–Crippen LogP) is 4.10. The summed E-state index contributed by atoms with van der Waals surface area (Å²) < 4.78 is 18.6. The zero-order valence-electron chi connectivity index (χ0n) is 14.6. The van der Waals surface area contributed by atoms with Crippen molar-refractivity contribution in [2.24, 2.45) is 0 Å². The number of carbonyl (C=O) groups excluding carboxylic acids is 2. The lowest BCUT2D eigenvalue weighted by Crippen LogP contribution is -2.15. The summed E-state index contributed by atoms with van der Waals surface area (Å²) in [5, 5.41) is 7.85. The first-order chi connectivity index (χ1) is 13.0. The van der Waals surface area contributed by atoms with Crippen LogP contribution < -0.4 is 15.4 Å². The van der Waals surface area contributed by atoms with Gasteiger partial charge in [0.05, 0.1) is 17.8 Å². The number of methoxy groups -OCH3 is 1. The van der Waals surface area contributed by atoms with E-state index >= 15 is 0 Å². The Morgan fingerprint density at radius 2 is 1.93 bits per heavy atom. The summed E-state index contributed by atoms with van der Waals surface area (Å²) in [7, 11) is 1.46. The molecule has 2 amide bonds. The van der Waals surface area contributed by atoms with E-state index in [-0.39, 0.29) is 11.5 Å². The number of halogens is 1. The zero-order chi connectivity index (χ0) is 19.4. The molecule has 0 bridgehead atoms. The minimum atomic E-state index is -0.505. The third-order valence-corrected chi connectivity index (χ3v) is 4.42. The Labute approximate surface area is 159 Å². The Kier molecular flexibility index (Phi) is 5.46. The Morgan fingerprint density at radius 1 is 1.11 bits per heavy atom. The zero-order valence-corrected chi connectivity index (χ0v) is 15.4. The average Bonchev–Trinajstić information content (AvgIpc) is 3.08. The highest BCUT2D eigenvalue weighted by molar-refractivity contribution is 7.09. The smallest absolute Gasteiger partial charge is 0.275 e. The summed E-state index contributed by atoms with van der Waals surface area (Å²) in [4.78, 5) is 28.7. The van der Waals surface area contributed by atoms with E-state index in [0.29, 0.717) is 22.8 Å². The van der Waals surface area contributed by atoms with Gasteiger partial charge in [-0.15, -0.1) is 11.3 Å². The molecule has 3 rings (SSSR count). The summed E-state index contributed by atoms with van der Waals surface area (Å²) in [6.07, 6.45) is 0. The molecular formula is C19H16FN3O3S. The van der Waals surface area contributed by atoms with E-state index in [2.05, 4.69) is 15.6 Å². The minimum Gasteiger partial charge on any atom is -0.495 e. The van der Waals surface area contributed by atoms with Crippen LogP contribution in [0, 0.1) is 12.7 Å². The molecule has 0 aliphatic heterocycles. The number of rotatable bonds is 5. The van der Waals surface area contributed by atoms with Crippen LogP contribution in [0.4, 0.5) is 15.8 Å². The van der Waals surface area contributed by atoms with Gasteiger partial charge in [0.15, 0.2) is 0 Å². The van der Waals surface area contributed by atoms with Gasteiger partial charge in [0, 0.05) is 16.6 Å². The van der Waals surface area contributed by atoms with Gasteiger partial charge in [-0.05, 0) is 43.3 Å². The number of nitrogens with one attached hydrogen (secondary N) is 2. The number of nitrogens with zero attached hydrogens (tertiary/aromatic N) is 1. The quantitative estimate of drug-likeness (QED) is 0.693. The van der Waals surface area contributed by atoms with E-state index in [9.17, 15) is 14.0 Å². The molecule has 1 aromatic heterocycles. The maximum Gasteiger partial charge on any atom is 0.275 e. The second kappa shape index (κ2) is 7.96. The summed E-state index contributed by atoms with van der Waals surface area (Å²) in [6.45, 7) is 1.81. The molecule has 0 atom stereocenters. The van der Waals surface area contributed by atoms with Gasteiger partial charge in [-0.1, -0.05) is 6.07 Å². The van der Waals surface area contributed by atoms with Gasteiger partial charge in [0.1, 0.15) is 17.3 Å². The SMILES string of the molecule is COc1ccc(NC(=O)c2csc(C)n2)cc1NC(=O)c1cccc(F)c1.